The number of nitrogens with zero attached hydrogens (tertiary/aromatic N) is 3. The highest BCUT2D eigenvalue weighted by Crippen LogP contribution is 2.24. The number of halogens is 1. The van der Waals surface area contributed by atoms with Crippen molar-refractivity contribution in [3.63, 3.8) is 0 Å². The fourth-order valence-corrected chi connectivity index (χ4v) is 1.80. The molecular formula is C11H18BrN3O. The van der Waals surface area contributed by atoms with Gasteiger partial charge in [-0.15, -0.1) is 0 Å². The Morgan fingerprint density at radius 1 is 1.44 bits per heavy atom. The van der Waals surface area contributed by atoms with E-state index in [-0.39, 0.29) is 5.41 Å². The minimum absolute atomic E-state index is 0.207. The molecule has 0 saturated heterocycles. The molecule has 0 atom stereocenters. The predicted octanol–water partition coefficient (Wildman–Crippen LogP) is 2.73. The summed E-state index contributed by atoms with van der Waals surface area (Å²) in [6.07, 6.45) is 1.71. The van der Waals surface area contributed by atoms with Gasteiger partial charge >= 0.3 is 0 Å². The first-order valence-electron chi connectivity index (χ1n) is 5.11. The Morgan fingerprint density at radius 3 is 2.56 bits per heavy atom. The Labute approximate surface area is 105 Å². The topological polar surface area (TPSA) is 38.2 Å². The number of methoxy groups -OCH3 is 1. The molecule has 0 N–H and O–H groups in total. The summed E-state index contributed by atoms with van der Waals surface area (Å²) < 4.78 is 5.91. The van der Waals surface area contributed by atoms with Crippen molar-refractivity contribution >= 4 is 21.9 Å². The molecule has 0 bridgehead atoms. The van der Waals surface area contributed by atoms with Crippen LogP contribution in [0.1, 0.15) is 20.8 Å². The standard InChI is InChI=1S/C11H18BrN3O/c1-11(2,3)7-15(4)10-13-6-8(12)9(14-10)16-5/h6H,7H2,1-5H3. The molecule has 90 valence electrons. The second-order valence-electron chi connectivity index (χ2n) is 4.94. The van der Waals surface area contributed by atoms with Gasteiger partial charge in [-0.2, -0.15) is 4.98 Å². The first-order valence-corrected chi connectivity index (χ1v) is 5.90. The highest BCUT2D eigenvalue weighted by atomic mass is 79.9. The zero-order valence-corrected chi connectivity index (χ0v) is 12.0. The van der Waals surface area contributed by atoms with Crippen LogP contribution >= 0.6 is 15.9 Å². The van der Waals surface area contributed by atoms with Crippen molar-refractivity contribution in [1.82, 2.24) is 9.97 Å². The van der Waals surface area contributed by atoms with Crippen molar-refractivity contribution in [2.24, 2.45) is 5.41 Å². The van der Waals surface area contributed by atoms with Gasteiger partial charge in [-0.1, -0.05) is 20.8 Å². The van der Waals surface area contributed by atoms with E-state index < -0.39 is 0 Å². The van der Waals surface area contributed by atoms with E-state index in [0.29, 0.717) is 11.8 Å². The number of ether oxygens (including phenoxy) is 1. The largest absolute Gasteiger partial charge is 0.480 e. The lowest BCUT2D eigenvalue weighted by Gasteiger charge is -2.26. The molecule has 0 aliphatic rings. The number of hydrogen-bond acceptors (Lipinski definition) is 4. The first kappa shape index (κ1) is 13.2. The summed E-state index contributed by atoms with van der Waals surface area (Å²) in [6.45, 7) is 7.43. The quantitative estimate of drug-likeness (QED) is 0.857. The summed E-state index contributed by atoms with van der Waals surface area (Å²) in [5.74, 6) is 1.24. The molecule has 5 heteroatoms. The van der Waals surface area contributed by atoms with E-state index in [2.05, 4.69) is 46.7 Å². The van der Waals surface area contributed by atoms with E-state index >= 15 is 0 Å². The van der Waals surface area contributed by atoms with Crippen molar-refractivity contribution < 1.29 is 4.74 Å². The van der Waals surface area contributed by atoms with E-state index in [0.717, 1.165) is 11.0 Å². The molecule has 0 spiro atoms. The Balaban J connectivity index is 2.88. The third-order valence-electron chi connectivity index (χ3n) is 1.95. The molecule has 0 amide bonds. The van der Waals surface area contributed by atoms with E-state index in [1.54, 1.807) is 13.3 Å². The second-order valence-corrected chi connectivity index (χ2v) is 5.80. The minimum atomic E-state index is 0.207. The molecule has 0 unspecified atom stereocenters. The van der Waals surface area contributed by atoms with Crippen LogP contribution < -0.4 is 9.64 Å². The molecular weight excluding hydrogens is 270 g/mol. The number of aromatic nitrogens is 2. The van der Waals surface area contributed by atoms with Crippen molar-refractivity contribution in [2.75, 3.05) is 25.6 Å². The van der Waals surface area contributed by atoms with Gasteiger partial charge in [0.1, 0.15) is 0 Å². The molecule has 1 heterocycles. The molecule has 0 saturated carbocycles. The maximum absolute atomic E-state index is 5.14. The summed E-state index contributed by atoms with van der Waals surface area (Å²) in [4.78, 5) is 10.6. The third kappa shape index (κ3) is 3.63. The van der Waals surface area contributed by atoms with E-state index in [4.69, 9.17) is 4.74 Å². The maximum Gasteiger partial charge on any atom is 0.232 e. The van der Waals surface area contributed by atoms with Crippen LogP contribution in [0.15, 0.2) is 10.7 Å². The van der Waals surface area contributed by atoms with Crippen LogP contribution in [-0.4, -0.2) is 30.7 Å². The SMILES string of the molecule is COc1nc(N(C)CC(C)(C)C)ncc1Br. The Hall–Kier alpha value is -0.840. The van der Waals surface area contributed by atoms with E-state index in [1.807, 2.05) is 11.9 Å². The summed E-state index contributed by atoms with van der Waals surface area (Å²) in [7, 11) is 3.58. The zero-order valence-electron chi connectivity index (χ0n) is 10.4. The van der Waals surface area contributed by atoms with Gasteiger partial charge in [0, 0.05) is 13.6 Å². The van der Waals surface area contributed by atoms with Gasteiger partial charge in [0.2, 0.25) is 11.8 Å². The summed E-state index contributed by atoms with van der Waals surface area (Å²) in [5, 5.41) is 0. The van der Waals surface area contributed by atoms with Crippen LogP contribution in [0.2, 0.25) is 0 Å². The van der Waals surface area contributed by atoms with Gasteiger partial charge in [0.05, 0.1) is 17.8 Å². The molecule has 1 rings (SSSR count). The van der Waals surface area contributed by atoms with Crippen LogP contribution in [0.3, 0.4) is 0 Å². The summed E-state index contributed by atoms with van der Waals surface area (Å²) in [5.41, 5.74) is 0.207. The molecule has 0 aliphatic heterocycles. The second kappa shape index (κ2) is 4.99. The van der Waals surface area contributed by atoms with Crippen LogP contribution in [0.4, 0.5) is 5.95 Å². The lowest BCUT2D eigenvalue weighted by Crippen LogP contribution is -2.30. The number of hydrogen-bond donors (Lipinski definition) is 0. The minimum Gasteiger partial charge on any atom is -0.480 e. The van der Waals surface area contributed by atoms with Crippen molar-refractivity contribution in [2.45, 2.75) is 20.8 Å². The molecule has 1 aromatic rings. The Morgan fingerprint density at radius 2 is 2.06 bits per heavy atom. The third-order valence-corrected chi connectivity index (χ3v) is 2.49. The van der Waals surface area contributed by atoms with Crippen molar-refractivity contribution in [3.8, 4) is 5.88 Å². The first-order chi connectivity index (χ1) is 7.33. The Kier molecular flexibility index (Phi) is 4.13. The highest BCUT2D eigenvalue weighted by Gasteiger charge is 2.16. The molecule has 1 aromatic heterocycles. The monoisotopic (exact) mass is 287 g/mol. The van der Waals surface area contributed by atoms with Gasteiger partial charge < -0.3 is 9.64 Å². The fourth-order valence-electron chi connectivity index (χ4n) is 1.45. The smallest absolute Gasteiger partial charge is 0.232 e. The molecule has 0 aliphatic carbocycles. The normalized spacial score (nSPS) is 11.4. The predicted molar refractivity (Wildman–Crippen MR) is 69.0 cm³/mol. The lowest BCUT2D eigenvalue weighted by atomic mass is 9.96. The molecule has 16 heavy (non-hydrogen) atoms. The lowest BCUT2D eigenvalue weighted by molar-refractivity contribution is 0.390. The maximum atomic E-state index is 5.14. The summed E-state index contributed by atoms with van der Waals surface area (Å²) in [6, 6.07) is 0. The van der Waals surface area contributed by atoms with E-state index in [9.17, 15) is 0 Å². The molecule has 0 fully saturated rings. The van der Waals surface area contributed by atoms with Crippen molar-refractivity contribution in [1.29, 1.82) is 0 Å². The number of anilines is 1. The Bertz CT molecular complexity index is 363. The van der Waals surface area contributed by atoms with Gasteiger partial charge in [0.25, 0.3) is 0 Å². The van der Waals surface area contributed by atoms with Crippen molar-refractivity contribution in [3.05, 3.63) is 10.7 Å². The van der Waals surface area contributed by atoms with Gasteiger partial charge in [-0.25, -0.2) is 4.98 Å². The average molecular weight is 288 g/mol. The molecule has 4 nitrogen and oxygen atoms in total. The molecule has 0 aromatic carbocycles. The molecule has 0 radical (unpaired) electrons. The van der Waals surface area contributed by atoms with E-state index in [1.165, 1.54) is 0 Å². The van der Waals surface area contributed by atoms with Gasteiger partial charge in [0.15, 0.2) is 0 Å². The fraction of sp³-hybridized carbons (Fsp3) is 0.636. The van der Waals surface area contributed by atoms with Gasteiger partial charge in [-0.05, 0) is 21.3 Å². The highest BCUT2D eigenvalue weighted by molar-refractivity contribution is 9.10. The van der Waals surface area contributed by atoms with Gasteiger partial charge in [-0.3, -0.25) is 0 Å². The zero-order chi connectivity index (χ0) is 12.3. The van der Waals surface area contributed by atoms with Crippen LogP contribution in [0.5, 0.6) is 5.88 Å². The van der Waals surface area contributed by atoms with Crippen LogP contribution in [-0.2, 0) is 0 Å². The van der Waals surface area contributed by atoms with Crippen LogP contribution in [0.25, 0.3) is 0 Å². The summed E-state index contributed by atoms with van der Waals surface area (Å²) >= 11 is 3.33. The van der Waals surface area contributed by atoms with Crippen LogP contribution in [0, 0.1) is 5.41 Å². The number of rotatable bonds is 3. The average Bonchev–Trinajstić information content (AvgIpc) is 2.15.